The van der Waals surface area contributed by atoms with Gasteiger partial charge >= 0.3 is 0 Å². The molecule has 1 aromatic carbocycles. The predicted molar refractivity (Wildman–Crippen MR) is 82.2 cm³/mol. The van der Waals surface area contributed by atoms with Crippen molar-refractivity contribution < 1.29 is 9.18 Å². The topological polar surface area (TPSA) is 33.2 Å². The zero-order chi connectivity index (χ0) is 15.6. The van der Waals surface area contributed by atoms with E-state index in [0.717, 1.165) is 17.4 Å². The minimum absolute atomic E-state index is 0.146. The van der Waals surface area contributed by atoms with Crippen LogP contribution in [0.1, 0.15) is 24.0 Å². The molecule has 0 aliphatic carbocycles. The second-order valence-electron chi connectivity index (χ2n) is 4.99. The first-order valence-electron chi connectivity index (χ1n) is 6.54. The van der Waals surface area contributed by atoms with Gasteiger partial charge in [-0.3, -0.25) is 9.78 Å². The fraction of sp³-hybridized carbons (Fsp3) is 0.250. The smallest absolute Gasteiger partial charge is 0.234 e. The summed E-state index contributed by atoms with van der Waals surface area (Å²) in [6.07, 6.45) is 2.62. The summed E-state index contributed by atoms with van der Waals surface area (Å²) in [5.74, 6) is -1.09. The van der Waals surface area contributed by atoms with Gasteiger partial charge in [-0.25, -0.2) is 4.39 Å². The van der Waals surface area contributed by atoms with Gasteiger partial charge in [0.2, 0.25) is 5.91 Å². The predicted octanol–water partition coefficient (Wildman–Crippen LogP) is 3.95. The van der Waals surface area contributed by atoms with Crippen LogP contribution in [-0.4, -0.2) is 17.9 Å². The molecule has 5 heteroatoms. The number of hydrogen-bond donors (Lipinski definition) is 0. The van der Waals surface area contributed by atoms with Crippen LogP contribution in [0.2, 0.25) is 5.02 Å². The van der Waals surface area contributed by atoms with Gasteiger partial charge in [0.25, 0.3) is 0 Å². The number of rotatable bonds is 3. The summed E-state index contributed by atoms with van der Waals surface area (Å²) in [5.41, 5.74) is 2.23. The molecule has 1 heterocycles. The molecule has 0 N–H and O–H groups in total. The molecule has 0 aliphatic heterocycles. The Hall–Kier alpha value is -1.94. The Balaban J connectivity index is 2.28. The Labute approximate surface area is 128 Å². The number of halogens is 2. The van der Waals surface area contributed by atoms with Gasteiger partial charge in [-0.1, -0.05) is 17.7 Å². The summed E-state index contributed by atoms with van der Waals surface area (Å²) in [6.45, 7) is 3.64. The van der Waals surface area contributed by atoms with E-state index in [0.29, 0.717) is 10.6 Å². The van der Waals surface area contributed by atoms with Crippen molar-refractivity contribution in [2.45, 2.75) is 19.8 Å². The fourth-order valence-electron chi connectivity index (χ4n) is 2.16. The summed E-state index contributed by atoms with van der Waals surface area (Å²) in [5, 5.41) is 0.565. The van der Waals surface area contributed by atoms with E-state index in [2.05, 4.69) is 4.98 Å². The Morgan fingerprint density at radius 3 is 2.71 bits per heavy atom. The van der Waals surface area contributed by atoms with Crippen molar-refractivity contribution in [1.82, 2.24) is 4.98 Å². The lowest BCUT2D eigenvalue weighted by Crippen LogP contribution is -2.31. The SMILES string of the molecule is Cc1ccc(Cl)cc1N(C)C(=O)C(C)c1cncc(F)c1. The first-order chi connectivity index (χ1) is 9.90. The number of amides is 1. The van der Waals surface area contributed by atoms with Crippen LogP contribution in [0.15, 0.2) is 36.7 Å². The van der Waals surface area contributed by atoms with Gasteiger partial charge < -0.3 is 4.90 Å². The Morgan fingerprint density at radius 2 is 2.05 bits per heavy atom. The van der Waals surface area contributed by atoms with Gasteiger partial charge in [0.15, 0.2) is 0 Å². The number of hydrogen-bond acceptors (Lipinski definition) is 2. The Kier molecular flexibility index (Phi) is 4.58. The van der Waals surface area contributed by atoms with E-state index in [1.165, 1.54) is 17.2 Å². The van der Waals surface area contributed by atoms with Crippen molar-refractivity contribution in [2.75, 3.05) is 11.9 Å². The summed E-state index contributed by atoms with van der Waals surface area (Å²) in [7, 11) is 1.68. The van der Waals surface area contributed by atoms with Gasteiger partial charge in [0.05, 0.1) is 12.1 Å². The van der Waals surface area contributed by atoms with E-state index in [1.54, 1.807) is 26.1 Å². The quantitative estimate of drug-likeness (QED) is 0.860. The first-order valence-corrected chi connectivity index (χ1v) is 6.92. The summed E-state index contributed by atoms with van der Waals surface area (Å²) < 4.78 is 13.2. The molecular weight excluding hydrogens is 291 g/mol. The lowest BCUT2D eigenvalue weighted by molar-refractivity contribution is -0.119. The van der Waals surface area contributed by atoms with E-state index in [1.807, 2.05) is 13.0 Å². The highest BCUT2D eigenvalue weighted by molar-refractivity contribution is 6.31. The number of aryl methyl sites for hydroxylation is 1. The van der Waals surface area contributed by atoms with Crippen LogP contribution >= 0.6 is 11.6 Å². The zero-order valence-corrected chi connectivity index (χ0v) is 12.9. The second kappa shape index (κ2) is 6.22. The van der Waals surface area contributed by atoms with Gasteiger partial charge in [0, 0.05) is 24.0 Å². The molecule has 0 fully saturated rings. The molecule has 1 aromatic heterocycles. The van der Waals surface area contributed by atoms with Crippen LogP contribution in [0.4, 0.5) is 10.1 Å². The first kappa shape index (κ1) is 15.4. The van der Waals surface area contributed by atoms with E-state index in [9.17, 15) is 9.18 Å². The molecule has 110 valence electrons. The monoisotopic (exact) mass is 306 g/mol. The third kappa shape index (κ3) is 3.39. The largest absolute Gasteiger partial charge is 0.315 e. The zero-order valence-electron chi connectivity index (χ0n) is 12.1. The average Bonchev–Trinajstić information content (AvgIpc) is 2.47. The highest BCUT2D eigenvalue weighted by Crippen LogP contribution is 2.26. The Morgan fingerprint density at radius 1 is 1.33 bits per heavy atom. The van der Waals surface area contributed by atoms with Crippen molar-refractivity contribution in [3.05, 3.63) is 58.6 Å². The van der Waals surface area contributed by atoms with Crippen molar-refractivity contribution in [1.29, 1.82) is 0 Å². The third-order valence-electron chi connectivity index (χ3n) is 3.46. The van der Waals surface area contributed by atoms with Gasteiger partial charge in [0.1, 0.15) is 5.82 Å². The summed E-state index contributed by atoms with van der Waals surface area (Å²) in [6, 6.07) is 6.70. The number of nitrogens with zero attached hydrogens (tertiary/aromatic N) is 2. The number of benzene rings is 1. The Bertz CT molecular complexity index is 675. The number of carbonyl (C=O) groups is 1. The maximum absolute atomic E-state index is 13.2. The molecule has 0 aliphatic rings. The number of likely N-dealkylation sites (N-methyl/N-ethyl adjacent to an activating group) is 1. The number of aromatic nitrogens is 1. The average molecular weight is 307 g/mol. The standard InChI is InChI=1S/C16H16ClFN2O/c1-10-4-5-13(17)7-15(10)20(3)16(21)11(2)12-6-14(18)9-19-8-12/h4-9,11H,1-3H3. The molecule has 0 spiro atoms. The van der Waals surface area contributed by atoms with Crippen LogP contribution in [0.3, 0.4) is 0 Å². The van der Waals surface area contributed by atoms with Crippen LogP contribution in [0, 0.1) is 12.7 Å². The van der Waals surface area contributed by atoms with Crippen LogP contribution in [-0.2, 0) is 4.79 Å². The maximum Gasteiger partial charge on any atom is 0.234 e. The van der Waals surface area contributed by atoms with E-state index >= 15 is 0 Å². The van der Waals surface area contributed by atoms with E-state index in [4.69, 9.17) is 11.6 Å². The van der Waals surface area contributed by atoms with Crippen LogP contribution in [0.5, 0.6) is 0 Å². The van der Waals surface area contributed by atoms with Crippen molar-refractivity contribution in [3.63, 3.8) is 0 Å². The maximum atomic E-state index is 13.2. The molecule has 1 unspecified atom stereocenters. The molecule has 2 rings (SSSR count). The normalized spacial score (nSPS) is 12.0. The highest BCUT2D eigenvalue weighted by atomic mass is 35.5. The van der Waals surface area contributed by atoms with Crippen LogP contribution < -0.4 is 4.90 Å². The molecule has 0 radical (unpaired) electrons. The number of carbonyl (C=O) groups excluding carboxylic acids is 1. The minimum atomic E-state index is -0.489. The van der Waals surface area contributed by atoms with E-state index < -0.39 is 11.7 Å². The molecule has 21 heavy (non-hydrogen) atoms. The van der Waals surface area contributed by atoms with Gasteiger partial charge in [-0.05, 0) is 43.2 Å². The third-order valence-corrected chi connectivity index (χ3v) is 3.69. The molecule has 1 amide bonds. The number of pyridine rings is 1. The van der Waals surface area contributed by atoms with E-state index in [-0.39, 0.29) is 5.91 Å². The molecule has 1 atom stereocenters. The molecule has 0 saturated carbocycles. The lowest BCUT2D eigenvalue weighted by Gasteiger charge is -2.23. The molecule has 0 saturated heterocycles. The lowest BCUT2D eigenvalue weighted by atomic mass is 10.0. The second-order valence-corrected chi connectivity index (χ2v) is 5.42. The molecular formula is C16H16ClFN2O. The van der Waals surface area contributed by atoms with Gasteiger partial charge in [-0.2, -0.15) is 0 Å². The molecule has 3 nitrogen and oxygen atoms in total. The van der Waals surface area contributed by atoms with Crippen molar-refractivity contribution in [2.24, 2.45) is 0 Å². The summed E-state index contributed by atoms with van der Waals surface area (Å²) in [4.78, 5) is 17.9. The highest BCUT2D eigenvalue weighted by Gasteiger charge is 2.22. The van der Waals surface area contributed by atoms with Crippen molar-refractivity contribution >= 4 is 23.2 Å². The number of anilines is 1. The summed E-state index contributed by atoms with van der Waals surface area (Å²) >= 11 is 5.99. The fourth-order valence-corrected chi connectivity index (χ4v) is 2.33. The van der Waals surface area contributed by atoms with Crippen LogP contribution in [0.25, 0.3) is 0 Å². The minimum Gasteiger partial charge on any atom is -0.315 e. The molecule has 0 bridgehead atoms. The van der Waals surface area contributed by atoms with Gasteiger partial charge in [-0.15, -0.1) is 0 Å². The van der Waals surface area contributed by atoms with Crippen molar-refractivity contribution in [3.8, 4) is 0 Å². The molecule has 2 aromatic rings.